The first kappa shape index (κ1) is 13.6. The summed E-state index contributed by atoms with van der Waals surface area (Å²) in [6.07, 6.45) is 3.00. The van der Waals surface area contributed by atoms with E-state index in [-0.39, 0.29) is 5.78 Å². The minimum absolute atomic E-state index is 0.228. The smallest absolute Gasteiger partial charge is 0.139 e. The summed E-state index contributed by atoms with van der Waals surface area (Å²) in [6, 6.07) is 0. The fraction of sp³-hybridized carbons (Fsp3) is 0.636. The highest BCUT2D eigenvalue weighted by Crippen LogP contribution is 2.21. The molecule has 0 saturated carbocycles. The van der Waals surface area contributed by atoms with Crippen molar-refractivity contribution in [3.63, 3.8) is 0 Å². The van der Waals surface area contributed by atoms with Crippen molar-refractivity contribution in [3.05, 3.63) is 16.4 Å². The number of Topliss-reactive ketones (excluding diaryl/α,β-unsaturated/α-hetero) is 1. The second-order valence-corrected chi connectivity index (χ2v) is 4.98. The monoisotopic (exact) mass is 260 g/mol. The minimum Gasteiger partial charge on any atom is -0.299 e. The first-order valence-corrected chi connectivity index (χ1v) is 7.09. The molecule has 0 aliphatic rings. The predicted molar refractivity (Wildman–Crippen MR) is 69.4 cm³/mol. The standard InChI is InChI=1S/C11H17ClN2OS/c1-4-14-10(11(12)8(2)13-14)7-9(15)5-6-16-3/h4-7H2,1-3H3. The maximum absolute atomic E-state index is 11.7. The van der Waals surface area contributed by atoms with Crippen LogP contribution in [0.15, 0.2) is 0 Å². The highest BCUT2D eigenvalue weighted by molar-refractivity contribution is 7.98. The lowest BCUT2D eigenvalue weighted by atomic mass is 10.1. The number of thioether (sulfide) groups is 1. The molecule has 0 bridgehead atoms. The summed E-state index contributed by atoms with van der Waals surface area (Å²) in [6.45, 7) is 4.61. The van der Waals surface area contributed by atoms with Gasteiger partial charge in [0.15, 0.2) is 0 Å². The van der Waals surface area contributed by atoms with Crippen molar-refractivity contribution < 1.29 is 4.79 Å². The van der Waals surface area contributed by atoms with Crippen LogP contribution in [0.2, 0.25) is 5.02 Å². The van der Waals surface area contributed by atoms with Gasteiger partial charge in [-0.3, -0.25) is 9.48 Å². The molecule has 0 radical (unpaired) electrons. The summed E-state index contributed by atoms with van der Waals surface area (Å²) >= 11 is 7.81. The summed E-state index contributed by atoms with van der Waals surface area (Å²) in [7, 11) is 0. The highest BCUT2D eigenvalue weighted by Gasteiger charge is 2.15. The van der Waals surface area contributed by atoms with Gasteiger partial charge in [-0.15, -0.1) is 0 Å². The zero-order valence-corrected chi connectivity index (χ0v) is 11.5. The van der Waals surface area contributed by atoms with Crippen LogP contribution < -0.4 is 0 Å². The van der Waals surface area contributed by atoms with E-state index in [0.717, 1.165) is 23.7 Å². The number of hydrogen-bond donors (Lipinski definition) is 0. The van der Waals surface area contributed by atoms with Crippen LogP contribution in [-0.2, 0) is 17.8 Å². The van der Waals surface area contributed by atoms with Gasteiger partial charge in [-0.1, -0.05) is 11.6 Å². The average molecular weight is 261 g/mol. The molecule has 0 spiro atoms. The van der Waals surface area contributed by atoms with Gasteiger partial charge in [-0.25, -0.2) is 0 Å². The van der Waals surface area contributed by atoms with Gasteiger partial charge in [-0.05, 0) is 25.9 Å². The fourth-order valence-corrected chi connectivity index (χ4v) is 2.16. The van der Waals surface area contributed by atoms with Gasteiger partial charge in [0.1, 0.15) is 5.78 Å². The van der Waals surface area contributed by atoms with Crippen molar-refractivity contribution in [3.8, 4) is 0 Å². The van der Waals surface area contributed by atoms with Crippen molar-refractivity contribution in [2.45, 2.75) is 33.2 Å². The molecule has 1 aromatic heterocycles. The van der Waals surface area contributed by atoms with Crippen molar-refractivity contribution in [1.82, 2.24) is 9.78 Å². The fourth-order valence-electron chi connectivity index (χ4n) is 1.53. The Labute approximate surface area is 106 Å². The topological polar surface area (TPSA) is 34.9 Å². The number of carbonyl (C=O) groups is 1. The van der Waals surface area contributed by atoms with E-state index >= 15 is 0 Å². The second-order valence-electron chi connectivity index (χ2n) is 3.62. The molecule has 1 aromatic rings. The van der Waals surface area contributed by atoms with Crippen LogP contribution in [0.1, 0.15) is 24.7 Å². The molecular formula is C11H17ClN2OS. The van der Waals surface area contributed by atoms with Crippen LogP contribution in [-0.4, -0.2) is 27.6 Å². The van der Waals surface area contributed by atoms with E-state index in [9.17, 15) is 4.79 Å². The third-order valence-corrected chi connectivity index (χ3v) is 3.51. The summed E-state index contributed by atoms with van der Waals surface area (Å²) in [4.78, 5) is 11.7. The number of carbonyl (C=O) groups excluding carboxylic acids is 1. The van der Waals surface area contributed by atoms with Gasteiger partial charge in [0.25, 0.3) is 0 Å². The van der Waals surface area contributed by atoms with Crippen molar-refractivity contribution in [1.29, 1.82) is 0 Å². The third-order valence-electron chi connectivity index (χ3n) is 2.40. The van der Waals surface area contributed by atoms with E-state index in [4.69, 9.17) is 11.6 Å². The Bertz CT molecular complexity index is 376. The summed E-state index contributed by atoms with van der Waals surface area (Å²) < 4.78 is 1.81. The Morgan fingerprint density at radius 1 is 1.56 bits per heavy atom. The predicted octanol–water partition coefficient (Wildman–Crippen LogP) is 2.73. The van der Waals surface area contributed by atoms with E-state index in [0.29, 0.717) is 17.9 Å². The molecule has 90 valence electrons. The number of hydrogen-bond acceptors (Lipinski definition) is 3. The van der Waals surface area contributed by atoms with Crippen LogP contribution in [0.4, 0.5) is 0 Å². The SMILES string of the molecule is CCn1nc(C)c(Cl)c1CC(=O)CCSC. The quantitative estimate of drug-likeness (QED) is 0.789. The van der Waals surface area contributed by atoms with Crippen molar-refractivity contribution >= 4 is 29.1 Å². The lowest BCUT2D eigenvalue weighted by molar-refractivity contribution is -0.118. The molecule has 0 amide bonds. The number of aromatic nitrogens is 2. The van der Waals surface area contributed by atoms with Gasteiger partial charge < -0.3 is 0 Å². The molecular weight excluding hydrogens is 244 g/mol. The molecule has 0 aliphatic heterocycles. The zero-order valence-electron chi connectivity index (χ0n) is 9.92. The number of nitrogens with zero attached hydrogens (tertiary/aromatic N) is 2. The molecule has 0 aliphatic carbocycles. The van der Waals surface area contributed by atoms with E-state index in [1.807, 2.05) is 24.8 Å². The Kier molecular flexibility index (Phi) is 5.35. The van der Waals surface area contributed by atoms with E-state index < -0.39 is 0 Å². The van der Waals surface area contributed by atoms with Gasteiger partial charge in [0.2, 0.25) is 0 Å². The number of rotatable bonds is 6. The largest absolute Gasteiger partial charge is 0.299 e. The number of aryl methyl sites for hydroxylation is 2. The summed E-state index contributed by atoms with van der Waals surface area (Å²) in [5.41, 5.74) is 1.66. The summed E-state index contributed by atoms with van der Waals surface area (Å²) in [5, 5.41) is 4.93. The Morgan fingerprint density at radius 3 is 2.81 bits per heavy atom. The normalized spacial score (nSPS) is 10.8. The van der Waals surface area contributed by atoms with E-state index in [1.165, 1.54) is 0 Å². The Morgan fingerprint density at radius 2 is 2.25 bits per heavy atom. The van der Waals surface area contributed by atoms with Crippen molar-refractivity contribution in [2.24, 2.45) is 0 Å². The molecule has 0 N–H and O–H groups in total. The van der Waals surface area contributed by atoms with Crippen LogP contribution in [0.3, 0.4) is 0 Å². The average Bonchev–Trinajstić information content (AvgIpc) is 2.54. The maximum Gasteiger partial charge on any atom is 0.139 e. The van der Waals surface area contributed by atoms with E-state index in [2.05, 4.69) is 5.10 Å². The van der Waals surface area contributed by atoms with Gasteiger partial charge in [0.05, 0.1) is 16.4 Å². The first-order chi connectivity index (χ1) is 7.60. The number of ketones is 1. The number of halogens is 1. The molecule has 0 atom stereocenters. The Balaban J connectivity index is 2.75. The van der Waals surface area contributed by atoms with Crippen LogP contribution in [0, 0.1) is 6.92 Å². The van der Waals surface area contributed by atoms with Crippen LogP contribution in [0.5, 0.6) is 0 Å². The van der Waals surface area contributed by atoms with Crippen LogP contribution in [0.25, 0.3) is 0 Å². The maximum atomic E-state index is 11.7. The van der Waals surface area contributed by atoms with Gasteiger partial charge >= 0.3 is 0 Å². The molecule has 1 heterocycles. The zero-order chi connectivity index (χ0) is 12.1. The van der Waals surface area contributed by atoms with E-state index in [1.54, 1.807) is 11.8 Å². The molecule has 0 unspecified atom stereocenters. The third kappa shape index (κ3) is 3.25. The van der Waals surface area contributed by atoms with Gasteiger partial charge in [-0.2, -0.15) is 16.9 Å². The lowest BCUT2D eigenvalue weighted by Crippen LogP contribution is -2.10. The first-order valence-electron chi connectivity index (χ1n) is 5.32. The molecule has 3 nitrogen and oxygen atoms in total. The second kappa shape index (κ2) is 6.30. The molecule has 5 heteroatoms. The molecule has 0 saturated heterocycles. The highest BCUT2D eigenvalue weighted by atomic mass is 35.5. The Hall–Kier alpha value is -0.480. The molecule has 1 rings (SSSR count). The minimum atomic E-state index is 0.228. The van der Waals surface area contributed by atoms with Gasteiger partial charge in [0, 0.05) is 19.4 Å². The lowest BCUT2D eigenvalue weighted by Gasteiger charge is -2.04. The molecule has 16 heavy (non-hydrogen) atoms. The molecule has 0 fully saturated rings. The van der Waals surface area contributed by atoms with Crippen molar-refractivity contribution in [2.75, 3.05) is 12.0 Å². The van der Waals surface area contributed by atoms with Crippen LogP contribution >= 0.6 is 23.4 Å². The molecule has 0 aromatic carbocycles. The summed E-state index contributed by atoms with van der Waals surface area (Å²) in [5.74, 6) is 1.10.